The lowest BCUT2D eigenvalue weighted by Crippen LogP contribution is -2.29. The number of para-hydroxylation sites is 2. The number of carbonyl (C=O) groups is 1. The number of rotatable bonds is 7. The maximum absolute atomic E-state index is 12.5. The molecule has 0 atom stereocenters. The van der Waals surface area contributed by atoms with Gasteiger partial charge in [-0.05, 0) is 60.4 Å². The van der Waals surface area contributed by atoms with Crippen LogP contribution in [0, 0.1) is 0 Å². The first-order valence-corrected chi connectivity index (χ1v) is 10.8. The third-order valence-corrected chi connectivity index (χ3v) is 5.69. The maximum Gasteiger partial charge on any atom is 0.273 e. The lowest BCUT2D eigenvalue weighted by Gasteiger charge is -2.31. The van der Waals surface area contributed by atoms with Gasteiger partial charge >= 0.3 is 0 Å². The Bertz CT molecular complexity index is 1130. The Morgan fingerprint density at radius 1 is 1.12 bits per heavy atom. The zero-order chi connectivity index (χ0) is 22.3. The number of hydrogen-bond acceptors (Lipinski definition) is 5. The molecular weight excluding hydrogens is 400 g/mol. The zero-order valence-corrected chi connectivity index (χ0v) is 18.5. The van der Waals surface area contributed by atoms with Crippen LogP contribution in [0.2, 0.25) is 0 Å². The predicted octanol–water partition coefficient (Wildman–Crippen LogP) is 4.45. The van der Waals surface area contributed by atoms with Crippen molar-refractivity contribution in [3.8, 4) is 5.75 Å². The molecule has 6 heteroatoms. The summed E-state index contributed by atoms with van der Waals surface area (Å²) in [5.74, 6) is 0.585. The topological polar surface area (TPSA) is 66.0 Å². The number of hydrazone groups is 1. The molecule has 1 aliphatic rings. The number of anilines is 2. The van der Waals surface area contributed by atoms with Gasteiger partial charge in [-0.15, -0.1) is 0 Å². The first kappa shape index (κ1) is 21.4. The van der Waals surface area contributed by atoms with Crippen molar-refractivity contribution < 1.29 is 9.53 Å². The number of amides is 1. The monoisotopic (exact) mass is 428 g/mol. The fourth-order valence-corrected chi connectivity index (χ4v) is 4.11. The van der Waals surface area contributed by atoms with Gasteiger partial charge in [-0.1, -0.05) is 30.3 Å². The lowest BCUT2D eigenvalue weighted by atomic mass is 10.0. The molecule has 0 aliphatic carbocycles. The summed E-state index contributed by atoms with van der Waals surface area (Å²) < 4.78 is 5.61. The summed E-state index contributed by atoms with van der Waals surface area (Å²) in [5, 5.41) is 7.19. The van der Waals surface area contributed by atoms with Crippen LogP contribution in [-0.4, -0.2) is 32.8 Å². The summed E-state index contributed by atoms with van der Waals surface area (Å²) in [4.78, 5) is 14.9. The smallest absolute Gasteiger partial charge is 0.273 e. The highest BCUT2D eigenvalue weighted by Gasteiger charge is 2.18. The number of carbonyl (C=O) groups excluding carboxylic acids is 1. The number of ether oxygens (including phenoxy) is 1. The van der Waals surface area contributed by atoms with Gasteiger partial charge in [0.2, 0.25) is 0 Å². The Morgan fingerprint density at radius 3 is 2.78 bits per heavy atom. The highest BCUT2D eigenvalue weighted by molar-refractivity contribution is 5.99. The van der Waals surface area contributed by atoms with Gasteiger partial charge in [0.05, 0.1) is 18.9 Å². The Hall–Kier alpha value is -3.80. The van der Waals surface area contributed by atoms with E-state index in [9.17, 15) is 4.79 Å². The van der Waals surface area contributed by atoms with Gasteiger partial charge in [0.25, 0.3) is 5.91 Å². The van der Waals surface area contributed by atoms with Crippen molar-refractivity contribution in [2.45, 2.75) is 19.4 Å². The van der Waals surface area contributed by atoms with Crippen molar-refractivity contribution in [3.63, 3.8) is 0 Å². The summed E-state index contributed by atoms with van der Waals surface area (Å²) in [5.41, 5.74) is 8.58. The Labute approximate surface area is 188 Å². The number of benzene rings is 3. The number of methoxy groups -OCH3 is 1. The van der Waals surface area contributed by atoms with E-state index in [1.807, 2.05) is 30.3 Å². The van der Waals surface area contributed by atoms with Crippen LogP contribution in [0.3, 0.4) is 0 Å². The molecule has 0 unspecified atom stereocenters. The van der Waals surface area contributed by atoms with Crippen molar-refractivity contribution in [3.05, 3.63) is 89.0 Å². The third-order valence-electron chi connectivity index (χ3n) is 5.69. The minimum absolute atomic E-state index is 0.259. The standard InChI is InChI=1S/C26H28N4O2/c1-27-23-11-5-4-10-22(23)26(31)29-28-17-19-13-14-25(32-2)21(16-19)18-30-15-7-9-20-8-3-6-12-24(20)30/h3-6,8,10-14,16-17,27H,7,9,15,18H2,1-2H3,(H,29,31)/b28-17-. The molecule has 4 rings (SSSR count). The second kappa shape index (κ2) is 10.0. The zero-order valence-electron chi connectivity index (χ0n) is 18.5. The van der Waals surface area contributed by atoms with Gasteiger partial charge in [-0.3, -0.25) is 4.79 Å². The average molecular weight is 429 g/mol. The number of nitrogens with zero attached hydrogens (tertiary/aromatic N) is 2. The van der Waals surface area contributed by atoms with Crippen LogP contribution in [0.5, 0.6) is 5.75 Å². The molecule has 0 aromatic heterocycles. The van der Waals surface area contributed by atoms with Crippen LogP contribution in [0.4, 0.5) is 11.4 Å². The van der Waals surface area contributed by atoms with Gasteiger partial charge < -0.3 is 15.0 Å². The van der Waals surface area contributed by atoms with E-state index in [4.69, 9.17) is 4.74 Å². The minimum atomic E-state index is -0.259. The van der Waals surface area contributed by atoms with Gasteiger partial charge in [-0.2, -0.15) is 5.10 Å². The van der Waals surface area contributed by atoms with E-state index in [1.54, 1.807) is 26.4 Å². The largest absolute Gasteiger partial charge is 0.496 e. The van der Waals surface area contributed by atoms with Crippen molar-refractivity contribution in [1.82, 2.24) is 5.43 Å². The van der Waals surface area contributed by atoms with Crippen LogP contribution >= 0.6 is 0 Å². The molecule has 0 spiro atoms. The summed E-state index contributed by atoms with van der Waals surface area (Å²) in [6.07, 6.45) is 3.92. The molecular formula is C26H28N4O2. The van der Waals surface area contributed by atoms with Crippen molar-refractivity contribution in [2.75, 3.05) is 30.9 Å². The Kier molecular flexibility index (Phi) is 6.70. The normalized spacial score (nSPS) is 13.0. The fraction of sp³-hybridized carbons (Fsp3) is 0.231. The fourth-order valence-electron chi connectivity index (χ4n) is 4.11. The Morgan fingerprint density at radius 2 is 1.94 bits per heavy atom. The SMILES string of the molecule is CNc1ccccc1C(=O)N/N=C\c1ccc(OC)c(CN2CCCc3ccccc32)c1. The first-order chi connectivity index (χ1) is 15.7. The van der Waals surface area contributed by atoms with Crippen LogP contribution in [-0.2, 0) is 13.0 Å². The van der Waals surface area contributed by atoms with Gasteiger partial charge in [0.1, 0.15) is 5.75 Å². The summed E-state index contributed by atoms with van der Waals surface area (Å²) in [6, 6.07) is 21.9. The number of aryl methyl sites for hydroxylation is 1. The van der Waals surface area contributed by atoms with E-state index in [2.05, 4.69) is 51.1 Å². The van der Waals surface area contributed by atoms with Crippen LogP contribution in [0.25, 0.3) is 0 Å². The molecule has 0 saturated heterocycles. The molecule has 0 fully saturated rings. The van der Waals surface area contributed by atoms with Crippen molar-refractivity contribution >= 4 is 23.5 Å². The molecule has 1 amide bonds. The Balaban J connectivity index is 1.49. The average Bonchev–Trinajstić information content (AvgIpc) is 2.84. The molecule has 0 radical (unpaired) electrons. The van der Waals surface area contributed by atoms with E-state index in [0.717, 1.165) is 48.5 Å². The highest BCUT2D eigenvalue weighted by Crippen LogP contribution is 2.30. The summed E-state index contributed by atoms with van der Waals surface area (Å²) in [6.45, 7) is 1.77. The van der Waals surface area contributed by atoms with E-state index in [-0.39, 0.29) is 5.91 Å². The molecule has 3 aromatic rings. The van der Waals surface area contributed by atoms with Crippen molar-refractivity contribution in [2.24, 2.45) is 5.10 Å². The van der Waals surface area contributed by atoms with Crippen molar-refractivity contribution in [1.29, 1.82) is 0 Å². The van der Waals surface area contributed by atoms with Gasteiger partial charge in [0, 0.05) is 37.1 Å². The summed E-state index contributed by atoms with van der Waals surface area (Å²) in [7, 11) is 3.48. The molecule has 1 heterocycles. The molecule has 32 heavy (non-hydrogen) atoms. The molecule has 164 valence electrons. The molecule has 0 saturated carbocycles. The second-order valence-corrected chi connectivity index (χ2v) is 7.72. The molecule has 1 aliphatic heterocycles. The number of hydrogen-bond donors (Lipinski definition) is 2. The summed E-state index contributed by atoms with van der Waals surface area (Å²) >= 11 is 0. The lowest BCUT2D eigenvalue weighted by molar-refractivity contribution is 0.0956. The second-order valence-electron chi connectivity index (χ2n) is 7.72. The molecule has 0 bridgehead atoms. The minimum Gasteiger partial charge on any atom is -0.496 e. The highest BCUT2D eigenvalue weighted by atomic mass is 16.5. The number of fused-ring (bicyclic) bond motifs is 1. The van der Waals surface area contributed by atoms with E-state index < -0.39 is 0 Å². The van der Waals surface area contributed by atoms with E-state index in [0.29, 0.717) is 5.56 Å². The van der Waals surface area contributed by atoms with Crippen LogP contribution in [0.1, 0.15) is 33.5 Å². The quantitative estimate of drug-likeness (QED) is 0.431. The maximum atomic E-state index is 12.5. The van der Waals surface area contributed by atoms with Gasteiger partial charge in [0.15, 0.2) is 0 Å². The van der Waals surface area contributed by atoms with E-state index >= 15 is 0 Å². The molecule has 3 aromatic carbocycles. The molecule has 6 nitrogen and oxygen atoms in total. The first-order valence-electron chi connectivity index (χ1n) is 10.8. The van der Waals surface area contributed by atoms with Crippen LogP contribution < -0.4 is 20.4 Å². The van der Waals surface area contributed by atoms with Gasteiger partial charge in [-0.25, -0.2) is 5.43 Å². The predicted molar refractivity (Wildman–Crippen MR) is 130 cm³/mol. The molecule has 2 N–H and O–H groups in total. The number of nitrogens with one attached hydrogen (secondary N) is 2. The van der Waals surface area contributed by atoms with Crippen LogP contribution in [0.15, 0.2) is 71.8 Å². The third kappa shape index (κ3) is 4.75. The van der Waals surface area contributed by atoms with E-state index in [1.165, 1.54) is 11.3 Å².